The molecule has 68 valence electrons. The predicted molar refractivity (Wildman–Crippen MR) is 55.6 cm³/mol. The molecule has 0 radical (unpaired) electrons. The maximum absolute atomic E-state index is 6.00. The van der Waals surface area contributed by atoms with Gasteiger partial charge in [-0.1, -0.05) is 13.3 Å². The predicted octanol–water partition coefficient (Wildman–Crippen LogP) is 3.16. The van der Waals surface area contributed by atoms with E-state index in [2.05, 4.69) is 26.8 Å². The van der Waals surface area contributed by atoms with Gasteiger partial charge in [0, 0.05) is 15.8 Å². The van der Waals surface area contributed by atoms with Crippen LogP contribution in [0.5, 0.6) is 0 Å². The van der Waals surface area contributed by atoms with Crippen LogP contribution in [0.1, 0.15) is 41.1 Å². The summed E-state index contributed by atoms with van der Waals surface area (Å²) in [5.41, 5.74) is 7.37. The van der Waals surface area contributed by atoms with E-state index < -0.39 is 0 Å². The summed E-state index contributed by atoms with van der Waals surface area (Å²) in [6.07, 6.45) is 2.26. The smallest absolute Gasteiger partial charge is 0.0389 e. The quantitative estimate of drug-likeness (QED) is 0.765. The molecule has 0 aromatic carbocycles. The van der Waals surface area contributed by atoms with Gasteiger partial charge in [0.05, 0.1) is 0 Å². The van der Waals surface area contributed by atoms with Crippen molar-refractivity contribution in [2.75, 3.05) is 0 Å². The van der Waals surface area contributed by atoms with Gasteiger partial charge in [-0.25, -0.2) is 0 Å². The Kier molecular flexibility index (Phi) is 3.29. The van der Waals surface area contributed by atoms with Crippen LogP contribution in [0.4, 0.5) is 0 Å². The lowest BCUT2D eigenvalue weighted by atomic mass is 10.1. The topological polar surface area (TPSA) is 26.0 Å². The molecule has 0 saturated heterocycles. The van der Waals surface area contributed by atoms with Crippen LogP contribution < -0.4 is 5.73 Å². The lowest BCUT2D eigenvalue weighted by Gasteiger charge is -2.05. The number of rotatable bonds is 3. The van der Waals surface area contributed by atoms with Gasteiger partial charge in [-0.3, -0.25) is 0 Å². The molecule has 0 aliphatic rings. The van der Waals surface area contributed by atoms with Crippen LogP contribution in [0.2, 0.25) is 0 Å². The minimum absolute atomic E-state index is 0.257. The van der Waals surface area contributed by atoms with Crippen molar-refractivity contribution in [1.29, 1.82) is 0 Å². The van der Waals surface area contributed by atoms with E-state index in [0.29, 0.717) is 0 Å². The number of nitrogens with two attached hydrogens (primary N) is 1. The third-order valence-electron chi connectivity index (χ3n) is 2.15. The van der Waals surface area contributed by atoms with E-state index in [1.54, 1.807) is 0 Å². The van der Waals surface area contributed by atoms with Crippen LogP contribution >= 0.6 is 11.3 Å². The van der Waals surface area contributed by atoms with Gasteiger partial charge in [-0.15, -0.1) is 11.3 Å². The Hall–Kier alpha value is -0.340. The molecule has 0 bridgehead atoms. The first kappa shape index (κ1) is 9.75. The van der Waals surface area contributed by atoms with Crippen LogP contribution in [0.3, 0.4) is 0 Å². The van der Waals surface area contributed by atoms with E-state index in [0.717, 1.165) is 12.8 Å². The van der Waals surface area contributed by atoms with Gasteiger partial charge in [-0.05, 0) is 31.9 Å². The number of thiophene rings is 1. The molecule has 0 fully saturated rings. The summed E-state index contributed by atoms with van der Waals surface area (Å²) >= 11 is 1.84. The lowest BCUT2D eigenvalue weighted by Crippen LogP contribution is -2.07. The Labute approximate surface area is 78.6 Å². The van der Waals surface area contributed by atoms with Gasteiger partial charge in [0.2, 0.25) is 0 Å². The van der Waals surface area contributed by atoms with Crippen molar-refractivity contribution in [3.05, 3.63) is 21.4 Å². The summed E-state index contributed by atoms with van der Waals surface area (Å²) in [4.78, 5) is 2.74. The van der Waals surface area contributed by atoms with E-state index >= 15 is 0 Å². The molecular weight excluding hydrogens is 166 g/mol. The average Bonchev–Trinajstić information content (AvgIpc) is 2.33. The molecule has 1 atom stereocenters. The van der Waals surface area contributed by atoms with E-state index in [1.807, 2.05) is 11.3 Å². The fourth-order valence-corrected chi connectivity index (χ4v) is 2.32. The van der Waals surface area contributed by atoms with E-state index in [-0.39, 0.29) is 6.04 Å². The number of aryl methyl sites for hydroxylation is 2. The fraction of sp³-hybridized carbons (Fsp3) is 0.600. The van der Waals surface area contributed by atoms with Crippen molar-refractivity contribution < 1.29 is 0 Å². The van der Waals surface area contributed by atoms with Crippen molar-refractivity contribution in [3.8, 4) is 0 Å². The standard InChI is InChI=1S/C10H17NS/c1-4-5-9(11)10-6-7(2)8(3)12-10/h6,9H,4-5,11H2,1-3H3/t9-/m1/s1. The SMILES string of the molecule is CCC[C@@H](N)c1cc(C)c(C)s1. The Morgan fingerprint density at radius 2 is 2.17 bits per heavy atom. The van der Waals surface area contributed by atoms with E-state index in [1.165, 1.54) is 15.3 Å². The summed E-state index contributed by atoms with van der Waals surface area (Å²) < 4.78 is 0. The van der Waals surface area contributed by atoms with Crippen LogP contribution in [0, 0.1) is 13.8 Å². The maximum Gasteiger partial charge on any atom is 0.0389 e. The lowest BCUT2D eigenvalue weighted by molar-refractivity contribution is 0.648. The molecule has 2 N–H and O–H groups in total. The molecule has 0 saturated carbocycles. The van der Waals surface area contributed by atoms with Crippen LogP contribution in [0.25, 0.3) is 0 Å². The summed E-state index contributed by atoms with van der Waals surface area (Å²) in [5.74, 6) is 0. The second-order valence-corrected chi connectivity index (χ2v) is 4.57. The monoisotopic (exact) mass is 183 g/mol. The first-order valence-corrected chi connectivity index (χ1v) is 5.29. The molecule has 0 amide bonds. The maximum atomic E-state index is 6.00. The molecule has 1 nitrogen and oxygen atoms in total. The largest absolute Gasteiger partial charge is 0.323 e. The van der Waals surface area contributed by atoms with Crippen molar-refractivity contribution in [1.82, 2.24) is 0 Å². The van der Waals surface area contributed by atoms with E-state index in [4.69, 9.17) is 5.73 Å². The molecule has 12 heavy (non-hydrogen) atoms. The highest BCUT2D eigenvalue weighted by molar-refractivity contribution is 7.12. The normalized spacial score (nSPS) is 13.3. The summed E-state index contributed by atoms with van der Waals surface area (Å²) in [6, 6.07) is 2.48. The van der Waals surface area contributed by atoms with Gasteiger partial charge in [0.15, 0.2) is 0 Å². The minimum Gasteiger partial charge on any atom is -0.323 e. The zero-order chi connectivity index (χ0) is 9.14. The van der Waals surface area contributed by atoms with Gasteiger partial charge in [0.25, 0.3) is 0 Å². The molecule has 0 aliphatic heterocycles. The first-order valence-electron chi connectivity index (χ1n) is 4.47. The average molecular weight is 183 g/mol. The molecule has 1 heterocycles. The second-order valence-electron chi connectivity index (χ2n) is 3.28. The van der Waals surface area contributed by atoms with E-state index in [9.17, 15) is 0 Å². The molecule has 1 aromatic heterocycles. The van der Waals surface area contributed by atoms with Crippen molar-refractivity contribution in [3.63, 3.8) is 0 Å². The van der Waals surface area contributed by atoms with Crippen molar-refractivity contribution >= 4 is 11.3 Å². The second kappa shape index (κ2) is 4.06. The first-order chi connectivity index (χ1) is 5.65. The van der Waals surface area contributed by atoms with Crippen molar-refractivity contribution in [2.24, 2.45) is 5.73 Å². The van der Waals surface area contributed by atoms with Gasteiger partial charge < -0.3 is 5.73 Å². The molecule has 1 aromatic rings. The minimum atomic E-state index is 0.257. The third kappa shape index (κ3) is 2.08. The van der Waals surface area contributed by atoms with Crippen LogP contribution in [0.15, 0.2) is 6.07 Å². The zero-order valence-corrected chi connectivity index (χ0v) is 8.87. The highest BCUT2D eigenvalue weighted by Gasteiger charge is 2.08. The highest BCUT2D eigenvalue weighted by atomic mass is 32.1. The molecule has 0 unspecified atom stereocenters. The number of hydrogen-bond donors (Lipinski definition) is 1. The number of hydrogen-bond acceptors (Lipinski definition) is 2. The summed E-state index contributed by atoms with van der Waals surface area (Å²) in [5, 5.41) is 0. The molecule has 0 spiro atoms. The van der Waals surface area contributed by atoms with Crippen LogP contribution in [-0.2, 0) is 0 Å². The van der Waals surface area contributed by atoms with Gasteiger partial charge in [-0.2, -0.15) is 0 Å². The zero-order valence-electron chi connectivity index (χ0n) is 8.05. The highest BCUT2D eigenvalue weighted by Crippen LogP contribution is 2.27. The Bertz CT molecular complexity index is 233. The Morgan fingerprint density at radius 1 is 1.50 bits per heavy atom. The third-order valence-corrected chi connectivity index (χ3v) is 3.43. The summed E-state index contributed by atoms with van der Waals surface area (Å²) in [6.45, 7) is 6.48. The molecule has 0 aliphatic carbocycles. The Balaban J connectivity index is 2.74. The summed E-state index contributed by atoms with van der Waals surface area (Å²) in [7, 11) is 0. The Morgan fingerprint density at radius 3 is 2.58 bits per heavy atom. The van der Waals surface area contributed by atoms with Crippen molar-refractivity contribution in [2.45, 2.75) is 39.7 Å². The molecular formula is C10H17NS. The van der Waals surface area contributed by atoms with Gasteiger partial charge >= 0.3 is 0 Å². The van der Waals surface area contributed by atoms with Gasteiger partial charge in [0.1, 0.15) is 0 Å². The molecule has 1 rings (SSSR count). The fourth-order valence-electron chi connectivity index (χ4n) is 1.24. The van der Waals surface area contributed by atoms with Crippen LogP contribution in [-0.4, -0.2) is 0 Å². The molecule has 2 heteroatoms.